The third-order valence-electron chi connectivity index (χ3n) is 3.88. The van der Waals surface area contributed by atoms with Crippen molar-refractivity contribution in [2.45, 2.75) is 0 Å². The molecule has 0 bridgehead atoms. The Morgan fingerprint density at radius 3 is 1.33 bits per heavy atom. The first kappa shape index (κ1) is 19.8. The van der Waals surface area contributed by atoms with Crippen LogP contribution in [0.25, 0.3) is 0 Å². The van der Waals surface area contributed by atoms with Crippen LogP contribution in [0.5, 0.6) is 23.0 Å². The Labute approximate surface area is 169 Å². The molecule has 0 saturated carbocycles. The molecule has 0 heterocycles. The van der Waals surface area contributed by atoms with Crippen LogP contribution in [0.2, 0.25) is 0 Å². The van der Waals surface area contributed by atoms with Gasteiger partial charge < -0.3 is 9.47 Å². The van der Waals surface area contributed by atoms with Gasteiger partial charge in [0, 0.05) is 18.2 Å². The summed E-state index contributed by atoms with van der Waals surface area (Å²) < 4.78 is 38.9. The van der Waals surface area contributed by atoms with E-state index in [1.54, 1.807) is 12.1 Å². The maximum absolute atomic E-state index is 13.9. The average molecular weight is 398 g/mol. The summed E-state index contributed by atoms with van der Waals surface area (Å²) >= 11 is 0. The van der Waals surface area contributed by atoms with E-state index in [4.69, 9.17) is 20.0 Å². The fraction of sp³-hybridized carbons (Fsp3) is 0. The van der Waals surface area contributed by atoms with Crippen LogP contribution in [-0.2, 0) is 0 Å². The smallest absolute Gasteiger partial charge is 0.148 e. The molecular weight excluding hydrogens is 390 g/mol. The number of hydrogen-bond acceptors (Lipinski definition) is 6. The summed E-state index contributed by atoms with van der Waals surface area (Å²) in [7, 11) is 0. The summed E-state index contributed by atoms with van der Waals surface area (Å²) in [4.78, 5) is 0. The quantitative estimate of drug-likeness (QED) is 0.608. The predicted octanol–water partition coefficient (Wildman–Crippen LogP) is 5.04. The van der Waals surface area contributed by atoms with E-state index in [0.29, 0.717) is 0 Å². The summed E-state index contributed by atoms with van der Waals surface area (Å²) in [5.74, 6) is -1.56. The number of nitriles is 4. The van der Waals surface area contributed by atoms with E-state index >= 15 is 0 Å². The van der Waals surface area contributed by atoms with Crippen molar-refractivity contribution in [3.63, 3.8) is 0 Å². The zero-order chi connectivity index (χ0) is 21.7. The minimum absolute atomic E-state index is 0.0415. The molecular formula is C22H8F2N4O2. The summed E-state index contributed by atoms with van der Waals surface area (Å²) in [5.41, 5.74) is -0.661. The number of rotatable bonds is 4. The lowest BCUT2D eigenvalue weighted by atomic mass is 10.1. The van der Waals surface area contributed by atoms with Crippen LogP contribution in [0.4, 0.5) is 8.78 Å². The van der Waals surface area contributed by atoms with Gasteiger partial charge in [-0.1, -0.05) is 6.07 Å². The molecule has 8 heteroatoms. The molecule has 0 saturated heterocycles. The fourth-order valence-corrected chi connectivity index (χ4v) is 2.48. The highest BCUT2D eigenvalue weighted by molar-refractivity contribution is 5.53. The van der Waals surface area contributed by atoms with E-state index in [-0.39, 0.29) is 45.3 Å². The summed E-state index contributed by atoms with van der Waals surface area (Å²) in [6.45, 7) is 0. The molecule has 0 fully saturated rings. The summed E-state index contributed by atoms with van der Waals surface area (Å²) in [6, 6.07) is 16.9. The molecule has 0 N–H and O–H groups in total. The molecule has 0 atom stereocenters. The largest absolute Gasteiger partial charge is 0.456 e. The highest BCUT2D eigenvalue weighted by atomic mass is 19.1. The van der Waals surface area contributed by atoms with E-state index in [0.717, 1.165) is 24.3 Å². The first-order valence-electron chi connectivity index (χ1n) is 8.22. The predicted molar refractivity (Wildman–Crippen MR) is 98.3 cm³/mol. The maximum atomic E-state index is 13.9. The molecule has 0 radical (unpaired) electrons. The lowest BCUT2D eigenvalue weighted by Crippen LogP contribution is -1.95. The van der Waals surface area contributed by atoms with Gasteiger partial charge >= 0.3 is 0 Å². The molecule has 0 aliphatic heterocycles. The van der Waals surface area contributed by atoms with Gasteiger partial charge in [-0.15, -0.1) is 0 Å². The highest BCUT2D eigenvalue weighted by Crippen LogP contribution is 2.32. The fourth-order valence-electron chi connectivity index (χ4n) is 2.48. The number of halogens is 2. The highest BCUT2D eigenvalue weighted by Gasteiger charge is 2.14. The molecule has 3 aromatic rings. The minimum atomic E-state index is -0.842. The summed E-state index contributed by atoms with van der Waals surface area (Å²) in [6.07, 6.45) is 0. The second-order valence-electron chi connectivity index (χ2n) is 5.78. The van der Waals surface area contributed by atoms with Crippen LogP contribution < -0.4 is 9.47 Å². The Hall–Kier alpha value is -4.92. The first-order chi connectivity index (χ1) is 14.5. The van der Waals surface area contributed by atoms with Crippen LogP contribution in [0, 0.1) is 57.0 Å². The number of hydrogen-bond donors (Lipinski definition) is 0. The van der Waals surface area contributed by atoms with Gasteiger partial charge in [0.1, 0.15) is 58.9 Å². The molecule has 0 aliphatic rings. The molecule has 3 aromatic carbocycles. The molecule has 0 spiro atoms. The van der Waals surface area contributed by atoms with Crippen molar-refractivity contribution in [3.05, 3.63) is 82.4 Å². The van der Waals surface area contributed by atoms with Crippen LogP contribution in [0.3, 0.4) is 0 Å². The van der Waals surface area contributed by atoms with Gasteiger partial charge in [0.05, 0.1) is 22.3 Å². The average Bonchev–Trinajstić information content (AvgIpc) is 2.74. The van der Waals surface area contributed by atoms with Gasteiger partial charge in [0.15, 0.2) is 0 Å². The number of ether oxygens (including phenoxy) is 2. The van der Waals surface area contributed by atoms with Gasteiger partial charge in [-0.05, 0) is 24.3 Å². The molecule has 142 valence electrons. The van der Waals surface area contributed by atoms with Crippen molar-refractivity contribution < 1.29 is 18.3 Å². The SMILES string of the molecule is N#Cc1cc(C#N)c(Oc2cccc(Oc3cc(F)c(C#N)cc3C#N)c2)cc1F. The molecule has 0 aromatic heterocycles. The second kappa shape index (κ2) is 8.40. The van der Waals surface area contributed by atoms with E-state index in [1.807, 2.05) is 12.1 Å². The van der Waals surface area contributed by atoms with Crippen molar-refractivity contribution >= 4 is 0 Å². The Morgan fingerprint density at radius 1 is 0.567 bits per heavy atom. The van der Waals surface area contributed by atoms with Gasteiger partial charge in [-0.2, -0.15) is 21.0 Å². The Balaban J connectivity index is 1.93. The monoisotopic (exact) mass is 398 g/mol. The van der Waals surface area contributed by atoms with E-state index in [1.165, 1.54) is 24.3 Å². The topological polar surface area (TPSA) is 114 Å². The summed E-state index contributed by atoms with van der Waals surface area (Å²) in [5, 5.41) is 36.1. The Morgan fingerprint density at radius 2 is 0.967 bits per heavy atom. The molecule has 3 rings (SSSR count). The third-order valence-corrected chi connectivity index (χ3v) is 3.88. The van der Waals surface area contributed by atoms with E-state index in [9.17, 15) is 19.3 Å². The first-order valence-corrected chi connectivity index (χ1v) is 8.22. The van der Waals surface area contributed by atoms with Gasteiger partial charge in [-0.3, -0.25) is 0 Å². The number of benzene rings is 3. The van der Waals surface area contributed by atoms with Crippen molar-refractivity contribution in [2.24, 2.45) is 0 Å². The Kier molecular flexibility index (Phi) is 5.55. The van der Waals surface area contributed by atoms with Crippen LogP contribution in [0.1, 0.15) is 22.3 Å². The molecule has 0 aliphatic carbocycles. The molecule has 6 nitrogen and oxygen atoms in total. The van der Waals surface area contributed by atoms with Crippen molar-refractivity contribution in [2.75, 3.05) is 0 Å². The normalized spacial score (nSPS) is 9.53. The standard InChI is InChI=1S/C22H8F2N4O2/c23-19-7-21(15(11-27)4-13(19)9-25)29-17-2-1-3-18(6-17)30-22-8-20(24)14(10-26)5-16(22)12-28/h1-8H. The lowest BCUT2D eigenvalue weighted by molar-refractivity contribution is 0.454. The van der Waals surface area contributed by atoms with Gasteiger partial charge in [-0.25, -0.2) is 8.78 Å². The van der Waals surface area contributed by atoms with E-state index in [2.05, 4.69) is 0 Å². The van der Waals surface area contributed by atoms with Crippen molar-refractivity contribution in [1.29, 1.82) is 21.0 Å². The molecule has 0 unspecified atom stereocenters. The molecule has 30 heavy (non-hydrogen) atoms. The Bertz CT molecular complexity index is 1230. The zero-order valence-electron chi connectivity index (χ0n) is 15.0. The zero-order valence-corrected chi connectivity index (χ0v) is 15.0. The van der Waals surface area contributed by atoms with Crippen LogP contribution in [0.15, 0.2) is 48.5 Å². The second-order valence-corrected chi connectivity index (χ2v) is 5.78. The van der Waals surface area contributed by atoms with Crippen LogP contribution >= 0.6 is 0 Å². The van der Waals surface area contributed by atoms with Crippen molar-refractivity contribution in [1.82, 2.24) is 0 Å². The third kappa shape index (κ3) is 3.99. The van der Waals surface area contributed by atoms with Crippen LogP contribution in [-0.4, -0.2) is 0 Å². The van der Waals surface area contributed by atoms with Gasteiger partial charge in [0.2, 0.25) is 0 Å². The van der Waals surface area contributed by atoms with Gasteiger partial charge in [0.25, 0.3) is 0 Å². The molecule has 0 amide bonds. The van der Waals surface area contributed by atoms with Crippen molar-refractivity contribution in [3.8, 4) is 47.3 Å². The number of nitrogens with zero attached hydrogens (tertiary/aromatic N) is 4. The minimum Gasteiger partial charge on any atom is -0.456 e. The maximum Gasteiger partial charge on any atom is 0.148 e. The lowest BCUT2D eigenvalue weighted by Gasteiger charge is -2.11. The van der Waals surface area contributed by atoms with E-state index < -0.39 is 11.6 Å².